The molecule has 2 aromatic heterocycles. The molecule has 0 amide bonds. The van der Waals surface area contributed by atoms with Gasteiger partial charge in [0.1, 0.15) is 10.6 Å². The zero-order valence-electron chi connectivity index (χ0n) is 14.7. The van der Waals surface area contributed by atoms with Crippen LogP contribution in [0.5, 0.6) is 0 Å². The lowest BCUT2D eigenvalue weighted by atomic mass is 10.1. The molecule has 8 heteroatoms. The third-order valence-corrected chi connectivity index (χ3v) is 4.88. The number of aryl methyl sites for hydroxylation is 1. The minimum Gasteiger partial charge on any atom is -0.452 e. The van der Waals surface area contributed by atoms with Crippen molar-refractivity contribution in [1.82, 2.24) is 4.98 Å². The number of hydrogen-bond donors (Lipinski definition) is 0. The highest BCUT2D eigenvalue weighted by Crippen LogP contribution is 2.27. The van der Waals surface area contributed by atoms with Crippen LogP contribution in [-0.2, 0) is 20.9 Å². The Morgan fingerprint density at radius 3 is 2.81 bits per heavy atom. The fraction of sp³-hybridized carbons (Fsp3) is 0.263. The number of thiazole rings is 1. The van der Waals surface area contributed by atoms with Gasteiger partial charge in [-0.2, -0.15) is 5.26 Å². The van der Waals surface area contributed by atoms with Crippen molar-refractivity contribution in [2.75, 3.05) is 13.7 Å². The molecule has 0 fully saturated rings. The largest absolute Gasteiger partial charge is 0.452 e. The van der Waals surface area contributed by atoms with E-state index in [1.807, 2.05) is 18.2 Å². The molecule has 0 saturated heterocycles. The average molecular weight is 384 g/mol. The maximum atomic E-state index is 12.4. The molecule has 1 aromatic carbocycles. The summed E-state index contributed by atoms with van der Waals surface area (Å²) in [6.07, 6.45) is 0. The Bertz CT molecular complexity index is 1030. The summed E-state index contributed by atoms with van der Waals surface area (Å²) in [5, 5.41) is 12.2. The van der Waals surface area contributed by atoms with E-state index in [9.17, 15) is 14.9 Å². The first-order valence-electron chi connectivity index (χ1n) is 8.06. The van der Waals surface area contributed by atoms with E-state index < -0.39 is 24.3 Å². The van der Waals surface area contributed by atoms with Gasteiger partial charge in [0.2, 0.25) is 5.76 Å². The van der Waals surface area contributed by atoms with Crippen LogP contribution in [0, 0.1) is 18.3 Å². The van der Waals surface area contributed by atoms with Gasteiger partial charge in [0.15, 0.2) is 18.3 Å². The van der Waals surface area contributed by atoms with Crippen molar-refractivity contribution in [2.24, 2.45) is 0 Å². The van der Waals surface area contributed by atoms with Crippen LogP contribution in [0.3, 0.4) is 0 Å². The smallest absolute Gasteiger partial charge is 0.375 e. The van der Waals surface area contributed by atoms with Crippen LogP contribution in [-0.4, -0.2) is 30.5 Å². The molecule has 7 nitrogen and oxygen atoms in total. The topological polar surface area (TPSA) is 102 Å². The van der Waals surface area contributed by atoms with Gasteiger partial charge in [-0.05, 0) is 13.0 Å². The van der Waals surface area contributed by atoms with E-state index in [4.69, 9.17) is 13.9 Å². The molecule has 0 aliphatic heterocycles. The van der Waals surface area contributed by atoms with Gasteiger partial charge < -0.3 is 13.9 Å². The van der Waals surface area contributed by atoms with Gasteiger partial charge in [-0.25, -0.2) is 9.78 Å². The molecule has 0 unspecified atom stereocenters. The fourth-order valence-corrected chi connectivity index (χ4v) is 3.47. The van der Waals surface area contributed by atoms with Crippen LogP contribution in [0.2, 0.25) is 0 Å². The van der Waals surface area contributed by atoms with Crippen LogP contribution >= 0.6 is 11.3 Å². The zero-order chi connectivity index (χ0) is 19.4. The SMILES string of the molecule is COCc1c(C(=O)OCC(=O)[C@H](C#N)c2nc(C)cs2)oc2ccccc12. The molecule has 2 heterocycles. The molecular formula is C19H16N2O5S. The van der Waals surface area contributed by atoms with Gasteiger partial charge in [0.25, 0.3) is 0 Å². The summed E-state index contributed by atoms with van der Waals surface area (Å²) in [5.74, 6) is -2.39. The van der Waals surface area contributed by atoms with E-state index in [2.05, 4.69) is 4.98 Å². The summed E-state index contributed by atoms with van der Waals surface area (Å²) in [7, 11) is 1.51. The predicted octanol–water partition coefficient (Wildman–Crippen LogP) is 3.38. The molecule has 0 aliphatic carbocycles. The highest BCUT2D eigenvalue weighted by atomic mass is 32.1. The number of rotatable bonds is 7. The van der Waals surface area contributed by atoms with Crippen molar-refractivity contribution in [1.29, 1.82) is 5.26 Å². The number of methoxy groups -OCH3 is 1. The standard InChI is InChI=1S/C19H16N2O5S/c1-11-10-27-18(21-11)13(7-20)15(22)9-25-19(23)17-14(8-24-2)12-5-3-4-6-16(12)26-17/h3-6,10,13H,8-9H2,1-2H3/t13-/m0/s1. The highest BCUT2D eigenvalue weighted by Gasteiger charge is 2.27. The van der Waals surface area contributed by atoms with Gasteiger partial charge in [-0.1, -0.05) is 18.2 Å². The summed E-state index contributed by atoms with van der Waals surface area (Å²) in [6.45, 7) is 1.39. The van der Waals surface area contributed by atoms with Gasteiger partial charge in [0, 0.05) is 29.1 Å². The van der Waals surface area contributed by atoms with Gasteiger partial charge >= 0.3 is 5.97 Å². The number of furan rings is 1. The third kappa shape index (κ3) is 3.89. The van der Waals surface area contributed by atoms with E-state index in [0.29, 0.717) is 16.2 Å². The summed E-state index contributed by atoms with van der Waals surface area (Å²) < 4.78 is 15.8. The van der Waals surface area contributed by atoms with Crippen molar-refractivity contribution in [2.45, 2.75) is 19.4 Å². The van der Waals surface area contributed by atoms with E-state index in [1.54, 1.807) is 24.4 Å². The number of esters is 1. The van der Waals surface area contributed by atoms with E-state index in [1.165, 1.54) is 18.4 Å². The lowest BCUT2D eigenvalue weighted by molar-refractivity contribution is -0.122. The van der Waals surface area contributed by atoms with Gasteiger partial charge in [0.05, 0.1) is 12.7 Å². The van der Waals surface area contributed by atoms with Crippen LogP contribution in [0.1, 0.15) is 32.7 Å². The summed E-state index contributed by atoms with van der Waals surface area (Å²) in [5.41, 5.74) is 1.81. The Labute approximate surface area is 159 Å². The van der Waals surface area contributed by atoms with Crippen molar-refractivity contribution < 1.29 is 23.5 Å². The molecule has 0 radical (unpaired) electrons. The van der Waals surface area contributed by atoms with Crippen molar-refractivity contribution in [3.8, 4) is 6.07 Å². The number of aromatic nitrogens is 1. The predicted molar refractivity (Wildman–Crippen MR) is 97.4 cm³/mol. The minimum absolute atomic E-state index is 0.00977. The summed E-state index contributed by atoms with van der Waals surface area (Å²) in [4.78, 5) is 28.9. The number of carbonyl (C=O) groups excluding carboxylic acids is 2. The number of para-hydroxylation sites is 1. The molecule has 138 valence electrons. The molecule has 0 aliphatic rings. The van der Waals surface area contributed by atoms with E-state index >= 15 is 0 Å². The number of nitriles is 1. The summed E-state index contributed by atoms with van der Waals surface area (Å²) >= 11 is 1.22. The summed E-state index contributed by atoms with van der Waals surface area (Å²) in [6, 6.07) is 9.06. The molecule has 0 N–H and O–H groups in total. The molecule has 0 spiro atoms. The maximum Gasteiger partial charge on any atom is 0.375 e. The quantitative estimate of drug-likeness (QED) is 0.575. The second-order valence-corrected chi connectivity index (χ2v) is 6.66. The Kier molecular flexibility index (Phi) is 5.64. The van der Waals surface area contributed by atoms with Crippen molar-refractivity contribution in [3.63, 3.8) is 0 Å². The number of benzene rings is 1. The van der Waals surface area contributed by atoms with Gasteiger partial charge in [-0.15, -0.1) is 11.3 Å². The first-order chi connectivity index (χ1) is 13.0. The zero-order valence-corrected chi connectivity index (χ0v) is 15.5. The van der Waals surface area contributed by atoms with Crippen LogP contribution in [0.25, 0.3) is 11.0 Å². The average Bonchev–Trinajstić information content (AvgIpc) is 3.25. The Morgan fingerprint density at radius 1 is 1.37 bits per heavy atom. The monoisotopic (exact) mass is 384 g/mol. The second-order valence-electron chi connectivity index (χ2n) is 5.77. The van der Waals surface area contributed by atoms with Crippen molar-refractivity contribution in [3.05, 3.63) is 51.7 Å². The number of hydrogen-bond acceptors (Lipinski definition) is 8. The Morgan fingerprint density at radius 2 is 2.15 bits per heavy atom. The van der Waals surface area contributed by atoms with Crippen LogP contribution in [0.15, 0.2) is 34.1 Å². The molecule has 3 aromatic rings. The number of nitrogens with zero attached hydrogens (tertiary/aromatic N) is 2. The number of ketones is 1. The second kappa shape index (κ2) is 8.12. The number of fused-ring (bicyclic) bond motifs is 1. The van der Waals surface area contributed by atoms with E-state index in [0.717, 1.165) is 11.1 Å². The number of Topliss-reactive ketones (excluding diaryl/α,β-unsaturated/α-hetero) is 1. The van der Waals surface area contributed by atoms with Crippen LogP contribution < -0.4 is 0 Å². The highest BCUT2D eigenvalue weighted by molar-refractivity contribution is 7.09. The molecular weight excluding hydrogens is 368 g/mol. The van der Waals surface area contributed by atoms with Crippen LogP contribution in [0.4, 0.5) is 0 Å². The lowest BCUT2D eigenvalue weighted by Gasteiger charge is -2.07. The number of carbonyl (C=O) groups is 2. The molecule has 0 bridgehead atoms. The first kappa shape index (κ1) is 18.8. The normalized spacial score (nSPS) is 11.9. The van der Waals surface area contributed by atoms with E-state index in [-0.39, 0.29) is 12.4 Å². The fourth-order valence-electron chi connectivity index (χ4n) is 2.61. The Hall–Kier alpha value is -3.02. The molecule has 1 atom stereocenters. The van der Waals surface area contributed by atoms with Crippen molar-refractivity contribution >= 4 is 34.1 Å². The number of ether oxygens (including phenoxy) is 2. The Balaban J connectivity index is 1.76. The third-order valence-electron chi connectivity index (χ3n) is 3.85. The molecule has 27 heavy (non-hydrogen) atoms. The maximum absolute atomic E-state index is 12.4. The first-order valence-corrected chi connectivity index (χ1v) is 8.94. The lowest BCUT2D eigenvalue weighted by Crippen LogP contribution is -2.20. The molecule has 0 saturated carbocycles. The minimum atomic E-state index is -1.06. The molecule has 3 rings (SSSR count). The van der Waals surface area contributed by atoms with Gasteiger partial charge in [-0.3, -0.25) is 4.79 Å².